The minimum absolute atomic E-state index is 0.0344. The van der Waals surface area contributed by atoms with Crippen molar-refractivity contribution in [2.45, 2.75) is 32.1 Å². The van der Waals surface area contributed by atoms with Gasteiger partial charge in [0.05, 0.1) is 16.9 Å². The molecule has 0 radical (unpaired) electrons. The van der Waals surface area contributed by atoms with Gasteiger partial charge in [0.25, 0.3) is 0 Å². The first kappa shape index (κ1) is 12.7. The first-order valence-corrected chi connectivity index (χ1v) is 7.21. The molecule has 1 aliphatic carbocycles. The van der Waals surface area contributed by atoms with E-state index in [-0.39, 0.29) is 6.03 Å². The predicted molar refractivity (Wildman–Crippen MR) is 75.4 cm³/mol. The van der Waals surface area contributed by atoms with Gasteiger partial charge in [0.15, 0.2) is 0 Å². The van der Waals surface area contributed by atoms with Crippen LogP contribution in [-0.4, -0.2) is 29.0 Å². The van der Waals surface area contributed by atoms with Crippen molar-refractivity contribution in [2.75, 3.05) is 18.4 Å². The number of hydrogen-bond donors (Lipinski definition) is 1. The lowest BCUT2D eigenvalue weighted by molar-refractivity contribution is 0.213. The quantitative estimate of drug-likeness (QED) is 0.855. The number of urea groups is 1. The molecule has 19 heavy (non-hydrogen) atoms. The van der Waals surface area contributed by atoms with Gasteiger partial charge in [0.1, 0.15) is 0 Å². The molecule has 2 heterocycles. The molecule has 1 aromatic rings. The maximum Gasteiger partial charge on any atom is 0.321 e. The van der Waals surface area contributed by atoms with Gasteiger partial charge in [0.2, 0.25) is 0 Å². The standard InChI is InChI=1S/C14H18ClN3O/c15-11-7-12(9-16-8-11)17-13(19)18-6-5-14(10-18)3-1-2-4-14/h7-9H,1-6,10H2,(H,17,19). The Morgan fingerprint density at radius 1 is 1.32 bits per heavy atom. The number of hydrogen-bond acceptors (Lipinski definition) is 2. The lowest BCUT2D eigenvalue weighted by atomic mass is 9.86. The largest absolute Gasteiger partial charge is 0.324 e. The van der Waals surface area contributed by atoms with Gasteiger partial charge in [-0.25, -0.2) is 4.79 Å². The van der Waals surface area contributed by atoms with Crippen molar-refractivity contribution in [1.29, 1.82) is 0 Å². The van der Waals surface area contributed by atoms with Crippen molar-refractivity contribution in [1.82, 2.24) is 9.88 Å². The molecule has 2 fully saturated rings. The van der Waals surface area contributed by atoms with E-state index < -0.39 is 0 Å². The van der Waals surface area contributed by atoms with Crippen LogP contribution in [0.1, 0.15) is 32.1 Å². The summed E-state index contributed by atoms with van der Waals surface area (Å²) < 4.78 is 0. The molecule has 0 unspecified atom stereocenters. The average molecular weight is 280 g/mol. The maximum absolute atomic E-state index is 12.2. The summed E-state index contributed by atoms with van der Waals surface area (Å²) >= 11 is 5.86. The highest BCUT2D eigenvalue weighted by Gasteiger charge is 2.41. The van der Waals surface area contributed by atoms with Crippen LogP contribution in [0.25, 0.3) is 0 Å². The van der Waals surface area contributed by atoms with Crippen molar-refractivity contribution >= 4 is 23.3 Å². The summed E-state index contributed by atoms with van der Waals surface area (Å²) in [4.78, 5) is 18.1. The summed E-state index contributed by atoms with van der Waals surface area (Å²) in [5.41, 5.74) is 1.06. The Bertz CT molecular complexity index is 485. The van der Waals surface area contributed by atoms with Gasteiger partial charge in [-0.2, -0.15) is 0 Å². The second kappa shape index (κ2) is 5.00. The molecule has 2 amide bonds. The SMILES string of the molecule is O=C(Nc1cncc(Cl)c1)N1CCC2(CCCC2)C1. The molecule has 1 aliphatic heterocycles. The Balaban J connectivity index is 1.62. The molecule has 102 valence electrons. The molecule has 1 N–H and O–H groups in total. The summed E-state index contributed by atoms with van der Waals surface area (Å²) in [7, 11) is 0. The zero-order valence-corrected chi connectivity index (χ0v) is 11.6. The fraction of sp³-hybridized carbons (Fsp3) is 0.571. The Kier molecular flexibility index (Phi) is 3.35. The van der Waals surface area contributed by atoms with Crippen LogP contribution in [0.15, 0.2) is 18.5 Å². The highest BCUT2D eigenvalue weighted by Crippen LogP contribution is 2.45. The number of carbonyl (C=O) groups is 1. The molecular weight excluding hydrogens is 262 g/mol. The van der Waals surface area contributed by atoms with Gasteiger partial charge in [-0.3, -0.25) is 4.98 Å². The number of aromatic nitrogens is 1. The number of rotatable bonds is 1. The van der Waals surface area contributed by atoms with Crippen LogP contribution >= 0.6 is 11.6 Å². The second-order valence-electron chi connectivity index (χ2n) is 5.70. The van der Waals surface area contributed by atoms with E-state index in [1.54, 1.807) is 18.5 Å². The van der Waals surface area contributed by atoms with Crippen LogP contribution in [-0.2, 0) is 0 Å². The van der Waals surface area contributed by atoms with E-state index in [0.717, 1.165) is 19.5 Å². The molecule has 3 rings (SSSR count). The predicted octanol–water partition coefficient (Wildman–Crippen LogP) is 3.53. The summed E-state index contributed by atoms with van der Waals surface area (Å²) in [6, 6.07) is 1.68. The Labute approximate surface area is 118 Å². The fourth-order valence-electron chi connectivity index (χ4n) is 3.32. The number of nitrogens with one attached hydrogen (secondary N) is 1. The lowest BCUT2D eigenvalue weighted by Crippen LogP contribution is -2.34. The van der Waals surface area contributed by atoms with Gasteiger partial charge in [0, 0.05) is 19.3 Å². The molecule has 0 atom stereocenters. The Hall–Kier alpha value is -1.29. The monoisotopic (exact) mass is 279 g/mol. The third kappa shape index (κ3) is 2.68. The Morgan fingerprint density at radius 3 is 2.84 bits per heavy atom. The van der Waals surface area contributed by atoms with E-state index in [0.29, 0.717) is 16.1 Å². The third-order valence-electron chi connectivity index (χ3n) is 4.35. The minimum Gasteiger partial charge on any atom is -0.324 e. The number of halogens is 1. The van der Waals surface area contributed by atoms with Crippen molar-refractivity contribution in [3.05, 3.63) is 23.5 Å². The molecule has 2 aliphatic rings. The molecule has 1 aromatic heterocycles. The van der Waals surface area contributed by atoms with Crippen LogP contribution < -0.4 is 5.32 Å². The van der Waals surface area contributed by atoms with E-state index in [1.807, 2.05) is 4.90 Å². The van der Waals surface area contributed by atoms with Gasteiger partial charge in [-0.05, 0) is 30.7 Å². The highest BCUT2D eigenvalue weighted by molar-refractivity contribution is 6.30. The first-order valence-electron chi connectivity index (χ1n) is 6.83. The summed E-state index contributed by atoms with van der Waals surface area (Å²) in [6.45, 7) is 1.76. The molecule has 0 bridgehead atoms. The molecule has 4 nitrogen and oxygen atoms in total. The maximum atomic E-state index is 12.2. The zero-order valence-electron chi connectivity index (χ0n) is 10.9. The number of nitrogens with zero attached hydrogens (tertiary/aromatic N) is 2. The van der Waals surface area contributed by atoms with E-state index in [4.69, 9.17) is 11.6 Å². The molecule has 0 aromatic carbocycles. The Morgan fingerprint density at radius 2 is 2.11 bits per heavy atom. The van der Waals surface area contributed by atoms with Crippen LogP contribution in [0.3, 0.4) is 0 Å². The van der Waals surface area contributed by atoms with Crippen LogP contribution in [0.5, 0.6) is 0 Å². The van der Waals surface area contributed by atoms with Crippen LogP contribution in [0.2, 0.25) is 5.02 Å². The lowest BCUT2D eigenvalue weighted by Gasteiger charge is -2.23. The molecule has 1 saturated carbocycles. The van der Waals surface area contributed by atoms with E-state index in [2.05, 4.69) is 10.3 Å². The van der Waals surface area contributed by atoms with Crippen molar-refractivity contribution in [3.8, 4) is 0 Å². The average Bonchev–Trinajstić information content (AvgIpc) is 3.00. The van der Waals surface area contributed by atoms with Crippen LogP contribution in [0.4, 0.5) is 10.5 Å². The minimum atomic E-state index is -0.0344. The van der Waals surface area contributed by atoms with Crippen LogP contribution in [0, 0.1) is 5.41 Å². The van der Waals surface area contributed by atoms with E-state index in [9.17, 15) is 4.79 Å². The second-order valence-corrected chi connectivity index (χ2v) is 6.14. The zero-order chi connectivity index (χ0) is 13.3. The number of anilines is 1. The summed E-state index contributed by atoms with van der Waals surface area (Å²) in [5, 5.41) is 3.40. The molecule has 1 spiro atoms. The van der Waals surface area contributed by atoms with Crippen molar-refractivity contribution < 1.29 is 4.79 Å². The fourth-order valence-corrected chi connectivity index (χ4v) is 3.50. The van der Waals surface area contributed by atoms with Gasteiger partial charge in [-0.1, -0.05) is 24.4 Å². The van der Waals surface area contributed by atoms with Gasteiger partial charge < -0.3 is 10.2 Å². The number of amides is 2. The first-order chi connectivity index (χ1) is 9.17. The summed E-state index contributed by atoms with van der Waals surface area (Å²) in [5.74, 6) is 0. The molecular formula is C14H18ClN3O. The van der Waals surface area contributed by atoms with Gasteiger partial charge >= 0.3 is 6.03 Å². The normalized spacial score (nSPS) is 21.0. The number of pyridine rings is 1. The van der Waals surface area contributed by atoms with E-state index in [1.165, 1.54) is 25.7 Å². The highest BCUT2D eigenvalue weighted by atomic mass is 35.5. The molecule has 1 saturated heterocycles. The van der Waals surface area contributed by atoms with Crippen molar-refractivity contribution in [3.63, 3.8) is 0 Å². The number of likely N-dealkylation sites (tertiary alicyclic amines) is 1. The van der Waals surface area contributed by atoms with Gasteiger partial charge in [-0.15, -0.1) is 0 Å². The number of carbonyl (C=O) groups excluding carboxylic acids is 1. The molecule has 5 heteroatoms. The van der Waals surface area contributed by atoms with Crippen molar-refractivity contribution in [2.24, 2.45) is 5.41 Å². The smallest absolute Gasteiger partial charge is 0.321 e. The third-order valence-corrected chi connectivity index (χ3v) is 4.55. The summed E-state index contributed by atoms with van der Waals surface area (Å²) in [6.07, 6.45) is 9.49. The topological polar surface area (TPSA) is 45.2 Å². The van der Waals surface area contributed by atoms with E-state index >= 15 is 0 Å².